The van der Waals surface area contributed by atoms with Gasteiger partial charge in [-0.15, -0.1) is 6.42 Å². The molecule has 0 aromatic heterocycles. The third kappa shape index (κ3) is 3.49. The minimum atomic E-state index is -0.0498. The van der Waals surface area contributed by atoms with Gasteiger partial charge >= 0.3 is 0 Å². The van der Waals surface area contributed by atoms with E-state index in [1.54, 1.807) is 0 Å². The zero-order chi connectivity index (χ0) is 8.20. The van der Waals surface area contributed by atoms with Crippen LogP contribution in [-0.2, 0) is 0 Å². The van der Waals surface area contributed by atoms with Gasteiger partial charge in [0.05, 0.1) is 6.04 Å². The van der Waals surface area contributed by atoms with Crippen LogP contribution in [0.3, 0.4) is 0 Å². The smallest absolute Gasteiger partial charge is 0.0662 e. The molecule has 2 heteroatoms. The topological polar surface area (TPSA) is 38.0 Å². The molecule has 0 aliphatic carbocycles. The lowest BCUT2D eigenvalue weighted by Crippen LogP contribution is -2.49. The highest BCUT2D eigenvalue weighted by molar-refractivity contribution is 4.99. The Labute approximate surface area is 63.2 Å². The summed E-state index contributed by atoms with van der Waals surface area (Å²) in [7, 11) is 0. The van der Waals surface area contributed by atoms with Crippen molar-refractivity contribution < 1.29 is 0 Å². The summed E-state index contributed by atoms with van der Waals surface area (Å²) in [5, 5.41) is 3.19. The van der Waals surface area contributed by atoms with Crippen LogP contribution in [0.1, 0.15) is 20.8 Å². The van der Waals surface area contributed by atoms with Crippen LogP contribution in [0.5, 0.6) is 0 Å². The minimum absolute atomic E-state index is 0.0498. The first kappa shape index (κ1) is 9.48. The first-order valence-electron chi connectivity index (χ1n) is 3.46. The Morgan fingerprint density at radius 2 is 2.20 bits per heavy atom. The normalized spacial score (nSPS) is 14.3. The number of nitrogens with one attached hydrogen (secondary N) is 1. The van der Waals surface area contributed by atoms with E-state index in [0.29, 0.717) is 6.54 Å². The molecule has 0 aromatic rings. The van der Waals surface area contributed by atoms with E-state index in [9.17, 15) is 0 Å². The molecule has 1 unspecified atom stereocenters. The molecule has 3 N–H and O–H groups in total. The summed E-state index contributed by atoms with van der Waals surface area (Å²) in [6.07, 6.45) is 5.18. The van der Waals surface area contributed by atoms with Crippen molar-refractivity contribution in [3.8, 4) is 12.3 Å². The zero-order valence-electron chi connectivity index (χ0n) is 6.94. The van der Waals surface area contributed by atoms with Gasteiger partial charge in [0.25, 0.3) is 0 Å². The number of nitrogens with two attached hydrogens (primary N) is 1. The lowest BCUT2D eigenvalue weighted by Gasteiger charge is -2.26. The molecule has 0 aliphatic rings. The van der Waals surface area contributed by atoms with E-state index in [0.717, 1.165) is 0 Å². The number of hydrogen-bond acceptors (Lipinski definition) is 2. The van der Waals surface area contributed by atoms with E-state index < -0.39 is 0 Å². The van der Waals surface area contributed by atoms with Crippen LogP contribution in [0.2, 0.25) is 0 Å². The summed E-state index contributed by atoms with van der Waals surface area (Å²) in [5.41, 5.74) is 5.43. The van der Waals surface area contributed by atoms with Crippen molar-refractivity contribution in [1.82, 2.24) is 5.32 Å². The molecule has 0 heterocycles. The van der Waals surface area contributed by atoms with E-state index in [2.05, 4.69) is 11.2 Å². The predicted octanol–water partition coefficient (Wildman–Crippen LogP) is 0.335. The predicted molar refractivity (Wildman–Crippen MR) is 44.6 cm³/mol. The Bertz CT molecular complexity index is 133. The van der Waals surface area contributed by atoms with Gasteiger partial charge in [-0.1, -0.05) is 5.92 Å². The van der Waals surface area contributed by atoms with Gasteiger partial charge in [0.2, 0.25) is 0 Å². The van der Waals surface area contributed by atoms with Gasteiger partial charge in [-0.05, 0) is 20.8 Å². The maximum atomic E-state index is 5.48. The number of rotatable bonds is 3. The quantitative estimate of drug-likeness (QED) is 0.555. The second kappa shape index (κ2) is 3.60. The molecule has 1 atom stereocenters. The largest absolute Gasteiger partial charge is 0.329 e. The minimum Gasteiger partial charge on any atom is -0.329 e. The van der Waals surface area contributed by atoms with E-state index in [4.69, 9.17) is 12.2 Å². The molecule has 0 rings (SSSR count). The van der Waals surface area contributed by atoms with Crippen LogP contribution in [0.25, 0.3) is 0 Å². The Kier molecular flexibility index (Phi) is 3.41. The summed E-state index contributed by atoms with van der Waals surface area (Å²) in [4.78, 5) is 0. The summed E-state index contributed by atoms with van der Waals surface area (Å²) in [6.45, 7) is 6.60. The highest BCUT2D eigenvalue weighted by Gasteiger charge is 2.15. The molecule has 0 saturated heterocycles. The average Bonchev–Trinajstić information content (AvgIpc) is 1.87. The van der Waals surface area contributed by atoms with Crippen LogP contribution in [-0.4, -0.2) is 18.1 Å². The van der Waals surface area contributed by atoms with Gasteiger partial charge in [-0.3, -0.25) is 5.32 Å². The van der Waals surface area contributed by atoms with Gasteiger partial charge in [-0.2, -0.15) is 0 Å². The Morgan fingerprint density at radius 1 is 1.70 bits per heavy atom. The SMILES string of the molecule is C#CC(C)NC(C)(C)CN. The van der Waals surface area contributed by atoms with Crippen LogP contribution < -0.4 is 11.1 Å². The fraction of sp³-hybridized carbons (Fsp3) is 0.750. The fourth-order valence-corrected chi connectivity index (χ4v) is 0.687. The van der Waals surface area contributed by atoms with Crippen molar-refractivity contribution >= 4 is 0 Å². The van der Waals surface area contributed by atoms with Gasteiger partial charge < -0.3 is 5.73 Å². The molecule has 2 nitrogen and oxygen atoms in total. The third-order valence-corrected chi connectivity index (χ3v) is 1.37. The fourth-order valence-electron chi connectivity index (χ4n) is 0.687. The molecule has 0 aromatic carbocycles. The van der Waals surface area contributed by atoms with Crippen molar-refractivity contribution in [2.45, 2.75) is 32.4 Å². The molecule has 58 valence electrons. The van der Waals surface area contributed by atoms with Crippen molar-refractivity contribution in [3.05, 3.63) is 0 Å². The first-order valence-corrected chi connectivity index (χ1v) is 3.46. The first-order chi connectivity index (χ1) is 4.52. The van der Waals surface area contributed by atoms with Gasteiger partial charge in [0, 0.05) is 12.1 Å². The van der Waals surface area contributed by atoms with Crippen molar-refractivity contribution in [2.75, 3.05) is 6.54 Å². The maximum absolute atomic E-state index is 5.48. The van der Waals surface area contributed by atoms with E-state index in [1.165, 1.54) is 0 Å². The molecular weight excluding hydrogens is 124 g/mol. The lowest BCUT2D eigenvalue weighted by atomic mass is 10.1. The van der Waals surface area contributed by atoms with Crippen molar-refractivity contribution in [1.29, 1.82) is 0 Å². The Hall–Kier alpha value is -0.520. The lowest BCUT2D eigenvalue weighted by molar-refractivity contribution is 0.383. The summed E-state index contributed by atoms with van der Waals surface area (Å²) >= 11 is 0. The molecule has 0 bridgehead atoms. The molecule has 0 spiro atoms. The number of terminal acetylenes is 1. The van der Waals surface area contributed by atoms with Crippen molar-refractivity contribution in [3.63, 3.8) is 0 Å². The molecule has 0 saturated carbocycles. The van der Waals surface area contributed by atoms with Gasteiger partial charge in [0.1, 0.15) is 0 Å². The van der Waals surface area contributed by atoms with E-state index >= 15 is 0 Å². The standard InChI is InChI=1S/C8H16N2/c1-5-7(2)10-8(3,4)6-9/h1,7,10H,6,9H2,2-4H3. The van der Waals surface area contributed by atoms with Crippen LogP contribution in [0.15, 0.2) is 0 Å². The highest BCUT2D eigenvalue weighted by Crippen LogP contribution is 1.99. The van der Waals surface area contributed by atoms with Crippen LogP contribution >= 0.6 is 0 Å². The zero-order valence-corrected chi connectivity index (χ0v) is 6.94. The molecular formula is C8H16N2. The number of hydrogen-bond donors (Lipinski definition) is 2. The molecule has 0 fully saturated rings. The van der Waals surface area contributed by atoms with E-state index in [1.807, 2.05) is 20.8 Å². The maximum Gasteiger partial charge on any atom is 0.0662 e. The molecule has 10 heavy (non-hydrogen) atoms. The van der Waals surface area contributed by atoms with Gasteiger partial charge in [0.15, 0.2) is 0 Å². The Balaban J connectivity index is 3.79. The van der Waals surface area contributed by atoms with Crippen LogP contribution in [0.4, 0.5) is 0 Å². The van der Waals surface area contributed by atoms with Crippen LogP contribution in [0, 0.1) is 12.3 Å². The highest BCUT2D eigenvalue weighted by atomic mass is 15.0. The molecule has 0 radical (unpaired) electrons. The second-order valence-corrected chi connectivity index (χ2v) is 3.12. The third-order valence-electron chi connectivity index (χ3n) is 1.37. The summed E-state index contributed by atoms with van der Waals surface area (Å²) < 4.78 is 0. The second-order valence-electron chi connectivity index (χ2n) is 3.12. The molecule has 0 amide bonds. The van der Waals surface area contributed by atoms with E-state index in [-0.39, 0.29) is 11.6 Å². The van der Waals surface area contributed by atoms with Crippen molar-refractivity contribution in [2.24, 2.45) is 5.73 Å². The summed E-state index contributed by atoms with van der Waals surface area (Å²) in [6, 6.07) is 0.0959. The molecule has 0 aliphatic heterocycles. The van der Waals surface area contributed by atoms with Gasteiger partial charge in [-0.25, -0.2) is 0 Å². The average molecular weight is 140 g/mol. The Morgan fingerprint density at radius 3 is 2.50 bits per heavy atom. The monoisotopic (exact) mass is 140 g/mol. The summed E-state index contributed by atoms with van der Waals surface area (Å²) in [5.74, 6) is 2.59.